The number of hydrogen-bond acceptors (Lipinski definition) is 5. The molecule has 0 amide bonds. The molecule has 23 heavy (non-hydrogen) atoms. The van der Waals surface area contributed by atoms with Crippen molar-refractivity contribution in [2.45, 2.75) is 4.90 Å². The number of Topliss-reactive ketones (excluding diaryl/α,β-unsaturated/α-hetero) is 1. The smallest absolute Gasteiger partial charge is 0.231 e. The molecule has 0 radical (unpaired) electrons. The standard InChI is InChI=1S/C18H14O4S/c1-20-13-3-5-17-14(8-13)18(19)12(9-23-17)6-11-2-4-15-16(7-11)22-10-21-15/h2-8H,9-10H2,1H3/b12-6+. The minimum Gasteiger partial charge on any atom is -0.497 e. The molecule has 4 nitrogen and oxygen atoms in total. The van der Waals surface area contributed by atoms with E-state index in [1.54, 1.807) is 24.9 Å². The molecule has 116 valence electrons. The van der Waals surface area contributed by atoms with Crippen LogP contribution in [-0.4, -0.2) is 25.4 Å². The van der Waals surface area contributed by atoms with Crippen molar-refractivity contribution in [3.05, 3.63) is 53.1 Å². The SMILES string of the molecule is COc1ccc2c(c1)C(=O)/C(=C/c1ccc3c(c1)OCO3)CS2. The zero-order valence-electron chi connectivity index (χ0n) is 12.5. The first-order valence-electron chi connectivity index (χ1n) is 7.20. The van der Waals surface area contributed by atoms with Crippen molar-refractivity contribution < 1.29 is 19.0 Å². The maximum absolute atomic E-state index is 12.7. The summed E-state index contributed by atoms with van der Waals surface area (Å²) in [6.45, 7) is 0.247. The van der Waals surface area contributed by atoms with Gasteiger partial charge >= 0.3 is 0 Å². The fourth-order valence-corrected chi connectivity index (χ4v) is 3.64. The van der Waals surface area contributed by atoms with E-state index in [0.717, 1.165) is 27.5 Å². The molecule has 2 aliphatic heterocycles. The van der Waals surface area contributed by atoms with Gasteiger partial charge in [0.15, 0.2) is 17.3 Å². The van der Waals surface area contributed by atoms with E-state index >= 15 is 0 Å². The Morgan fingerprint density at radius 2 is 2.00 bits per heavy atom. The summed E-state index contributed by atoms with van der Waals surface area (Å²) < 4.78 is 15.9. The number of ketones is 1. The Balaban J connectivity index is 1.68. The van der Waals surface area contributed by atoms with E-state index < -0.39 is 0 Å². The molecule has 0 spiro atoms. The van der Waals surface area contributed by atoms with Crippen LogP contribution in [0.3, 0.4) is 0 Å². The number of fused-ring (bicyclic) bond motifs is 2. The van der Waals surface area contributed by atoms with Gasteiger partial charge in [-0.3, -0.25) is 4.79 Å². The fraction of sp³-hybridized carbons (Fsp3) is 0.167. The second kappa shape index (κ2) is 5.66. The number of carbonyl (C=O) groups excluding carboxylic acids is 1. The fourth-order valence-electron chi connectivity index (χ4n) is 2.64. The van der Waals surface area contributed by atoms with Crippen LogP contribution < -0.4 is 14.2 Å². The van der Waals surface area contributed by atoms with Crippen LogP contribution in [-0.2, 0) is 0 Å². The van der Waals surface area contributed by atoms with Crippen molar-refractivity contribution in [3.8, 4) is 17.2 Å². The third-order valence-corrected chi connectivity index (χ3v) is 4.97. The molecule has 5 heteroatoms. The Bertz CT molecular complexity index is 826. The van der Waals surface area contributed by atoms with E-state index in [9.17, 15) is 4.79 Å². The van der Waals surface area contributed by atoms with Gasteiger partial charge < -0.3 is 14.2 Å². The number of benzene rings is 2. The van der Waals surface area contributed by atoms with E-state index in [1.807, 2.05) is 36.4 Å². The highest BCUT2D eigenvalue weighted by Gasteiger charge is 2.23. The predicted octanol–water partition coefficient (Wildman–Crippen LogP) is 3.80. The van der Waals surface area contributed by atoms with Crippen LogP contribution in [0.15, 0.2) is 46.9 Å². The molecule has 0 aromatic heterocycles. The summed E-state index contributed by atoms with van der Waals surface area (Å²) >= 11 is 1.66. The number of hydrogen-bond donors (Lipinski definition) is 0. The summed E-state index contributed by atoms with van der Waals surface area (Å²) in [4.78, 5) is 13.7. The zero-order chi connectivity index (χ0) is 15.8. The second-order valence-corrected chi connectivity index (χ2v) is 6.28. The van der Waals surface area contributed by atoms with Gasteiger partial charge in [-0.05, 0) is 42.0 Å². The van der Waals surface area contributed by atoms with Crippen molar-refractivity contribution in [3.63, 3.8) is 0 Å². The molecular formula is C18H14O4S. The molecule has 0 N–H and O–H groups in total. The number of carbonyl (C=O) groups is 1. The number of ether oxygens (including phenoxy) is 3. The lowest BCUT2D eigenvalue weighted by Crippen LogP contribution is -2.12. The Morgan fingerprint density at radius 3 is 2.87 bits per heavy atom. The van der Waals surface area contributed by atoms with Crippen LogP contribution in [0.25, 0.3) is 6.08 Å². The lowest BCUT2D eigenvalue weighted by atomic mass is 10.0. The van der Waals surface area contributed by atoms with E-state index in [4.69, 9.17) is 14.2 Å². The topological polar surface area (TPSA) is 44.8 Å². The first kappa shape index (κ1) is 14.2. The van der Waals surface area contributed by atoms with E-state index in [1.165, 1.54) is 0 Å². The van der Waals surface area contributed by atoms with Crippen molar-refractivity contribution in [1.82, 2.24) is 0 Å². The highest BCUT2D eigenvalue weighted by atomic mass is 32.2. The Morgan fingerprint density at radius 1 is 1.13 bits per heavy atom. The normalized spacial score (nSPS) is 17.3. The van der Waals surface area contributed by atoms with Crippen LogP contribution in [0.2, 0.25) is 0 Å². The van der Waals surface area contributed by atoms with Gasteiger partial charge in [0.1, 0.15) is 5.75 Å². The van der Waals surface area contributed by atoms with Crippen LogP contribution in [0.4, 0.5) is 0 Å². The average molecular weight is 326 g/mol. The van der Waals surface area contributed by atoms with Gasteiger partial charge in [0.25, 0.3) is 0 Å². The van der Waals surface area contributed by atoms with Crippen molar-refractivity contribution in [2.75, 3.05) is 19.7 Å². The molecule has 0 atom stereocenters. The Hall–Kier alpha value is -2.40. The summed E-state index contributed by atoms with van der Waals surface area (Å²) in [5.41, 5.74) is 2.41. The van der Waals surface area contributed by atoms with Crippen LogP contribution in [0.1, 0.15) is 15.9 Å². The number of methoxy groups -OCH3 is 1. The molecule has 2 aliphatic rings. The van der Waals surface area contributed by atoms with Gasteiger partial charge in [-0.2, -0.15) is 0 Å². The first-order valence-corrected chi connectivity index (χ1v) is 8.19. The Labute approximate surface area is 138 Å². The first-order chi connectivity index (χ1) is 11.2. The maximum atomic E-state index is 12.7. The average Bonchev–Trinajstić information content (AvgIpc) is 3.05. The zero-order valence-corrected chi connectivity index (χ0v) is 13.3. The number of thioether (sulfide) groups is 1. The molecule has 2 aromatic carbocycles. The van der Waals surface area contributed by atoms with Crippen molar-refractivity contribution in [1.29, 1.82) is 0 Å². The highest BCUT2D eigenvalue weighted by molar-refractivity contribution is 7.99. The highest BCUT2D eigenvalue weighted by Crippen LogP contribution is 2.37. The minimum atomic E-state index is 0.0512. The van der Waals surface area contributed by atoms with Crippen molar-refractivity contribution in [2.24, 2.45) is 0 Å². The second-order valence-electron chi connectivity index (χ2n) is 5.26. The predicted molar refractivity (Wildman–Crippen MR) is 88.6 cm³/mol. The lowest BCUT2D eigenvalue weighted by Gasteiger charge is -2.17. The van der Waals surface area contributed by atoms with Crippen LogP contribution in [0.5, 0.6) is 17.2 Å². The third-order valence-electron chi connectivity index (χ3n) is 3.84. The molecular weight excluding hydrogens is 312 g/mol. The molecule has 0 fully saturated rings. The third kappa shape index (κ3) is 2.57. The van der Waals surface area contributed by atoms with E-state index in [-0.39, 0.29) is 12.6 Å². The molecule has 4 rings (SSSR count). The summed E-state index contributed by atoms with van der Waals surface area (Å²) in [6.07, 6.45) is 1.92. The van der Waals surface area contributed by atoms with Gasteiger partial charge in [-0.15, -0.1) is 11.8 Å². The van der Waals surface area contributed by atoms with Gasteiger partial charge in [-0.1, -0.05) is 6.07 Å². The minimum absolute atomic E-state index is 0.0512. The van der Waals surface area contributed by atoms with Gasteiger partial charge in [-0.25, -0.2) is 0 Å². The largest absolute Gasteiger partial charge is 0.497 e. The molecule has 0 aliphatic carbocycles. The van der Waals surface area contributed by atoms with Gasteiger partial charge in [0, 0.05) is 21.8 Å². The molecule has 0 unspecified atom stereocenters. The molecule has 0 saturated carbocycles. The summed E-state index contributed by atoms with van der Waals surface area (Å²) in [6, 6.07) is 11.3. The molecule has 2 aromatic rings. The van der Waals surface area contributed by atoms with Crippen LogP contribution >= 0.6 is 11.8 Å². The van der Waals surface area contributed by atoms with Crippen molar-refractivity contribution >= 4 is 23.6 Å². The van der Waals surface area contributed by atoms with E-state index in [0.29, 0.717) is 17.1 Å². The summed E-state index contributed by atoms with van der Waals surface area (Å²) in [7, 11) is 1.60. The summed E-state index contributed by atoms with van der Waals surface area (Å²) in [5.74, 6) is 2.87. The van der Waals surface area contributed by atoms with E-state index in [2.05, 4.69) is 0 Å². The lowest BCUT2D eigenvalue weighted by molar-refractivity contribution is 0.103. The van der Waals surface area contributed by atoms with Crippen LogP contribution in [0, 0.1) is 0 Å². The number of rotatable bonds is 2. The molecule has 0 bridgehead atoms. The van der Waals surface area contributed by atoms with Gasteiger partial charge in [0.05, 0.1) is 7.11 Å². The monoisotopic (exact) mass is 326 g/mol. The van der Waals surface area contributed by atoms with Gasteiger partial charge in [0.2, 0.25) is 6.79 Å². The molecule has 0 saturated heterocycles. The quantitative estimate of drug-likeness (QED) is 0.786. The molecule has 2 heterocycles. The maximum Gasteiger partial charge on any atom is 0.231 e. The summed E-state index contributed by atoms with van der Waals surface area (Å²) in [5, 5.41) is 0. The Kier molecular flexibility index (Phi) is 3.50.